The molecule has 0 aromatic heterocycles. The van der Waals surface area contributed by atoms with Crippen LogP contribution in [0.1, 0.15) is 5.56 Å². The number of ether oxygens (including phenoxy) is 2. The van der Waals surface area contributed by atoms with Crippen molar-refractivity contribution in [2.24, 2.45) is 0 Å². The van der Waals surface area contributed by atoms with Crippen LogP contribution in [0.3, 0.4) is 0 Å². The van der Waals surface area contributed by atoms with E-state index in [9.17, 15) is 18.5 Å². The fourth-order valence-corrected chi connectivity index (χ4v) is 4.30. The van der Waals surface area contributed by atoms with Gasteiger partial charge in [0.15, 0.2) is 11.5 Å². The third-order valence-electron chi connectivity index (χ3n) is 4.61. The first-order valence-corrected chi connectivity index (χ1v) is 12.0. The van der Waals surface area contributed by atoms with Gasteiger partial charge in [-0.25, -0.2) is 0 Å². The van der Waals surface area contributed by atoms with E-state index in [0.29, 0.717) is 11.3 Å². The van der Waals surface area contributed by atoms with Crippen molar-refractivity contribution in [2.75, 3.05) is 19.5 Å². The second-order valence-corrected chi connectivity index (χ2v) is 9.20. The van der Waals surface area contributed by atoms with E-state index in [0.717, 1.165) is 0 Å². The summed E-state index contributed by atoms with van der Waals surface area (Å²) in [5.74, 6) is -0.246. The molecule has 8 nitrogen and oxygen atoms in total. The molecule has 0 aliphatic carbocycles. The molecule has 0 heterocycles. The number of rotatable bonds is 8. The summed E-state index contributed by atoms with van der Waals surface area (Å²) in [4.78, 5) is 12.5. The molecule has 1 amide bonds. The smallest absolute Gasteiger partial charge is 0.339 e. The topological polar surface area (TPSA) is 115 Å². The lowest BCUT2D eigenvalue weighted by atomic mass is 10.1. The number of nitriles is 1. The van der Waals surface area contributed by atoms with E-state index >= 15 is 0 Å². The number of hydrogen-bond donors (Lipinski definition) is 1. The third kappa shape index (κ3) is 6.25. The highest BCUT2D eigenvalue weighted by atomic mass is 35.5. The van der Waals surface area contributed by atoms with Gasteiger partial charge in [-0.05, 0) is 60.2 Å². The van der Waals surface area contributed by atoms with Crippen molar-refractivity contribution >= 4 is 51.0 Å². The summed E-state index contributed by atoms with van der Waals surface area (Å²) in [5.41, 5.74) is 0.308. The number of methoxy groups -OCH3 is 2. The van der Waals surface area contributed by atoms with E-state index in [1.54, 1.807) is 18.2 Å². The van der Waals surface area contributed by atoms with Crippen molar-refractivity contribution in [1.29, 1.82) is 5.26 Å². The Balaban J connectivity index is 1.86. The van der Waals surface area contributed by atoms with Crippen molar-refractivity contribution in [3.05, 3.63) is 81.8 Å². The van der Waals surface area contributed by atoms with E-state index in [1.165, 1.54) is 62.8 Å². The van der Waals surface area contributed by atoms with Gasteiger partial charge in [-0.2, -0.15) is 13.7 Å². The molecule has 1 N–H and O–H groups in total. The van der Waals surface area contributed by atoms with Gasteiger partial charge in [-0.3, -0.25) is 4.79 Å². The second kappa shape index (κ2) is 11.1. The minimum atomic E-state index is -4.16. The first-order chi connectivity index (χ1) is 16.7. The van der Waals surface area contributed by atoms with E-state index in [2.05, 4.69) is 5.32 Å². The summed E-state index contributed by atoms with van der Waals surface area (Å²) in [5, 5.41) is 12.4. The minimum Gasteiger partial charge on any atom is -0.497 e. The van der Waals surface area contributed by atoms with Gasteiger partial charge in [0.05, 0.1) is 30.0 Å². The molecule has 180 valence electrons. The Morgan fingerprint density at radius 3 is 2.20 bits per heavy atom. The fourth-order valence-electron chi connectivity index (χ4n) is 2.86. The number of amides is 1. The number of nitrogens with zero attached hydrogens (tertiary/aromatic N) is 1. The van der Waals surface area contributed by atoms with Crippen molar-refractivity contribution < 1.29 is 26.9 Å². The van der Waals surface area contributed by atoms with Crippen LogP contribution in [-0.4, -0.2) is 28.5 Å². The molecular formula is C24H18Cl2N2O6S. The molecule has 0 aliphatic heterocycles. The Kier molecular flexibility index (Phi) is 8.25. The maximum Gasteiger partial charge on any atom is 0.339 e. The number of carbonyl (C=O) groups excluding carboxylic acids is 1. The highest BCUT2D eigenvalue weighted by molar-refractivity contribution is 7.87. The summed E-state index contributed by atoms with van der Waals surface area (Å²) in [6.45, 7) is 0. The molecule has 3 aromatic rings. The number of anilines is 1. The van der Waals surface area contributed by atoms with Gasteiger partial charge < -0.3 is 19.0 Å². The molecule has 0 bridgehead atoms. The maximum absolute atomic E-state index is 12.6. The Labute approximate surface area is 212 Å². The second-order valence-electron chi connectivity index (χ2n) is 6.84. The van der Waals surface area contributed by atoms with E-state index in [4.69, 9.17) is 36.9 Å². The first-order valence-electron chi connectivity index (χ1n) is 9.82. The number of hydrogen-bond acceptors (Lipinski definition) is 7. The Hall–Kier alpha value is -3.71. The number of carbonyl (C=O) groups is 1. The molecule has 0 aliphatic rings. The molecule has 0 spiro atoms. The SMILES string of the molecule is COc1ccc(S(=O)(=O)Oc2ccc(/C=C(\C#N)C(=O)Nc3c(Cl)cccc3Cl)cc2OC)cc1. The van der Waals surface area contributed by atoms with Crippen LogP contribution in [0.5, 0.6) is 17.2 Å². The molecule has 0 atom stereocenters. The maximum atomic E-state index is 12.6. The van der Waals surface area contributed by atoms with Crippen LogP contribution in [0.2, 0.25) is 10.0 Å². The summed E-state index contributed by atoms with van der Waals surface area (Å²) < 4.78 is 40.8. The highest BCUT2D eigenvalue weighted by Crippen LogP contribution is 2.33. The lowest BCUT2D eigenvalue weighted by molar-refractivity contribution is -0.112. The van der Waals surface area contributed by atoms with Gasteiger partial charge in [-0.1, -0.05) is 35.3 Å². The molecule has 0 unspecified atom stereocenters. The van der Waals surface area contributed by atoms with E-state index in [1.807, 2.05) is 6.07 Å². The predicted octanol–water partition coefficient (Wildman–Crippen LogP) is 5.32. The summed E-state index contributed by atoms with van der Waals surface area (Å²) in [6, 6.07) is 16.4. The van der Waals surface area contributed by atoms with Gasteiger partial charge in [0.1, 0.15) is 22.3 Å². The zero-order valence-electron chi connectivity index (χ0n) is 18.4. The molecular weight excluding hydrogens is 515 g/mol. The van der Waals surface area contributed by atoms with Crippen LogP contribution in [-0.2, 0) is 14.9 Å². The molecule has 0 saturated carbocycles. The van der Waals surface area contributed by atoms with Crippen molar-refractivity contribution in [3.63, 3.8) is 0 Å². The standard InChI is InChI=1S/C24H18Cl2N2O6S/c1-32-17-7-9-18(10-8-17)35(30,31)34-21-11-6-15(13-22(21)33-2)12-16(14-27)24(29)28-23-19(25)4-3-5-20(23)26/h3-13H,1-2H3,(H,28,29)/b16-12+. The predicted molar refractivity (Wildman–Crippen MR) is 132 cm³/mol. The molecule has 3 aromatic carbocycles. The Morgan fingerprint density at radius 1 is 0.971 bits per heavy atom. The quantitative estimate of drug-likeness (QED) is 0.237. The summed E-state index contributed by atoms with van der Waals surface area (Å²) in [6.07, 6.45) is 1.30. The zero-order valence-corrected chi connectivity index (χ0v) is 20.7. The minimum absolute atomic E-state index is 0.0719. The molecule has 11 heteroatoms. The zero-order chi connectivity index (χ0) is 25.6. The molecule has 0 radical (unpaired) electrons. The molecule has 35 heavy (non-hydrogen) atoms. The van der Waals surface area contributed by atoms with E-state index < -0.39 is 16.0 Å². The largest absolute Gasteiger partial charge is 0.497 e. The van der Waals surface area contributed by atoms with Gasteiger partial charge in [0.25, 0.3) is 5.91 Å². The average molecular weight is 533 g/mol. The number of para-hydroxylation sites is 1. The van der Waals surface area contributed by atoms with Gasteiger partial charge in [0, 0.05) is 0 Å². The Morgan fingerprint density at radius 2 is 1.63 bits per heavy atom. The average Bonchev–Trinajstić information content (AvgIpc) is 2.85. The third-order valence-corrected chi connectivity index (χ3v) is 6.49. The fraction of sp³-hybridized carbons (Fsp3) is 0.0833. The number of halogens is 2. The molecule has 0 saturated heterocycles. The van der Waals surface area contributed by atoms with Gasteiger partial charge in [0.2, 0.25) is 0 Å². The van der Waals surface area contributed by atoms with Crippen LogP contribution in [0, 0.1) is 11.3 Å². The van der Waals surface area contributed by atoms with Crippen LogP contribution < -0.4 is 19.0 Å². The van der Waals surface area contributed by atoms with Crippen LogP contribution in [0.15, 0.2) is 71.1 Å². The summed E-state index contributed by atoms with van der Waals surface area (Å²) >= 11 is 12.1. The molecule has 0 fully saturated rings. The number of benzene rings is 3. The van der Waals surface area contributed by atoms with Crippen LogP contribution in [0.4, 0.5) is 5.69 Å². The van der Waals surface area contributed by atoms with Gasteiger partial charge in [-0.15, -0.1) is 0 Å². The van der Waals surface area contributed by atoms with Crippen LogP contribution in [0.25, 0.3) is 6.08 Å². The van der Waals surface area contributed by atoms with Crippen molar-refractivity contribution in [1.82, 2.24) is 0 Å². The van der Waals surface area contributed by atoms with Crippen molar-refractivity contribution in [2.45, 2.75) is 4.90 Å². The first kappa shape index (κ1) is 25.9. The normalized spacial score (nSPS) is 11.3. The monoisotopic (exact) mass is 532 g/mol. The van der Waals surface area contributed by atoms with Gasteiger partial charge >= 0.3 is 10.1 Å². The molecule has 3 rings (SSSR count). The lowest BCUT2D eigenvalue weighted by Crippen LogP contribution is -2.14. The number of nitrogens with one attached hydrogen (secondary N) is 1. The Bertz CT molecular complexity index is 1410. The lowest BCUT2D eigenvalue weighted by Gasteiger charge is -2.12. The van der Waals surface area contributed by atoms with Crippen molar-refractivity contribution in [3.8, 4) is 23.3 Å². The highest BCUT2D eigenvalue weighted by Gasteiger charge is 2.20. The summed E-state index contributed by atoms with van der Waals surface area (Å²) in [7, 11) is -1.37. The van der Waals surface area contributed by atoms with E-state index in [-0.39, 0.29) is 37.7 Å². The van der Waals surface area contributed by atoms with Crippen LogP contribution >= 0.6 is 23.2 Å².